The van der Waals surface area contributed by atoms with Crippen molar-refractivity contribution in [1.29, 1.82) is 0 Å². The predicted octanol–water partition coefficient (Wildman–Crippen LogP) is 4.32. The zero-order valence-corrected chi connectivity index (χ0v) is 19.0. The van der Waals surface area contributed by atoms with E-state index >= 15 is 0 Å². The topological polar surface area (TPSA) is 113 Å². The van der Waals surface area contributed by atoms with Crippen LogP contribution in [0.5, 0.6) is 0 Å². The highest BCUT2D eigenvalue weighted by atomic mass is 16.2. The molecule has 35 heavy (non-hydrogen) atoms. The summed E-state index contributed by atoms with van der Waals surface area (Å²) < 4.78 is 0. The molecule has 0 aromatic heterocycles. The summed E-state index contributed by atoms with van der Waals surface area (Å²) in [6.45, 7) is 0. The molecule has 5 N–H and O–H groups in total. The molecule has 0 radical (unpaired) electrons. The molecule has 0 heterocycles. The van der Waals surface area contributed by atoms with Crippen LogP contribution in [-0.2, 0) is 11.2 Å². The van der Waals surface area contributed by atoms with Gasteiger partial charge in [0.1, 0.15) is 0 Å². The molecule has 1 aliphatic rings. The normalized spacial score (nSPS) is 14.2. The van der Waals surface area contributed by atoms with Gasteiger partial charge in [-0.05, 0) is 60.5 Å². The van der Waals surface area contributed by atoms with Crippen LogP contribution in [0.25, 0.3) is 0 Å². The largest absolute Gasteiger partial charge is 0.398 e. The second-order valence-electron chi connectivity index (χ2n) is 8.16. The van der Waals surface area contributed by atoms with Gasteiger partial charge < -0.3 is 21.7 Å². The molecule has 3 aromatic carbocycles. The number of carbonyl (C=O) groups excluding carboxylic acids is 3. The molecular weight excluding hydrogens is 440 g/mol. The van der Waals surface area contributed by atoms with Crippen molar-refractivity contribution in [3.05, 3.63) is 114 Å². The van der Waals surface area contributed by atoms with Crippen molar-refractivity contribution in [2.75, 3.05) is 16.4 Å². The smallest absolute Gasteiger partial charge is 0.255 e. The summed E-state index contributed by atoms with van der Waals surface area (Å²) in [4.78, 5) is 37.6. The molecule has 0 bridgehead atoms. The van der Waals surface area contributed by atoms with Crippen molar-refractivity contribution in [3.8, 4) is 0 Å². The third-order valence-corrected chi connectivity index (χ3v) is 5.52. The molecule has 176 valence electrons. The van der Waals surface area contributed by atoms with Crippen LogP contribution in [0.1, 0.15) is 32.7 Å². The molecule has 0 saturated heterocycles. The van der Waals surface area contributed by atoms with Crippen molar-refractivity contribution in [1.82, 2.24) is 5.32 Å². The average molecular weight is 467 g/mol. The second kappa shape index (κ2) is 11.0. The fraction of sp³-hybridized carbons (Fsp3) is 0.107. The van der Waals surface area contributed by atoms with Crippen LogP contribution in [-0.4, -0.2) is 23.8 Å². The van der Waals surface area contributed by atoms with Gasteiger partial charge >= 0.3 is 0 Å². The van der Waals surface area contributed by atoms with Crippen molar-refractivity contribution in [2.24, 2.45) is 0 Å². The number of anilines is 3. The van der Waals surface area contributed by atoms with Crippen LogP contribution in [0.15, 0.2) is 97.1 Å². The maximum Gasteiger partial charge on any atom is 0.255 e. The number of hydrogen-bond donors (Lipinski definition) is 4. The zero-order chi connectivity index (χ0) is 24.6. The highest BCUT2D eigenvalue weighted by Gasteiger charge is 2.13. The Kier molecular flexibility index (Phi) is 7.37. The Morgan fingerprint density at radius 2 is 1.60 bits per heavy atom. The summed E-state index contributed by atoms with van der Waals surface area (Å²) in [6.07, 6.45) is 8.70. The number of allylic oxidation sites excluding steroid dienone is 2. The predicted molar refractivity (Wildman–Crippen MR) is 138 cm³/mol. The van der Waals surface area contributed by atoms with Crippen LogP contribution in [0.3, 0.4) is 0 Å². The summed E-state index contributed by atoms with van der Waals surface area (Å²) in [6, 6.07) is 20.5. The molecule has 1 atom stereocenters. The lowest BCUT2D eigenvalue weighted by Crippen LogP contribution is -2.33. The molecule has 0 fully saturated rings. The molecule has 7 heteroatoms. The van der Waals surface area contributed by atoms with Gasteiger partial charge in [0.05, 0.1) is 12.5 Å². The maximum atomic E-state index is 12.7. The van der Waals surface area contributed by atoms with E-state index in [2.05, 4.69) is 16.0 Å². The van der Waals surface area contributed by atoms with Crippen LogP contribution < -0.4 is 21.7 Å². The molecule has 1 aliphatic carbocycles. The molecule has 3 aromatic rings. The minimum atomic E-state index is -0.329. The Labute approximate surface area is 203 Å². The van der Waals surface area contributed by atoms with Crippen LogP contribution in [0, 0.1) is 0 Å². The van der Waals surface area contributed by atoms with E-state index in [0.717, 1.165) is 12.0 Å². The average Bonchev–Trinajstić information content (AvgIpc) is 2.86. The van der Waals surface area contributed by atoms with E-state index < -0.39 is 0 Å². The Morgan fingerprint density at radius 1 is 0.800 bits per heavy atom. The standard InChI is InChI=1S/C28H26N4O3/c29-25-12-5-4-7-20(25)18-26(33)30-24-11-6-8-21(17-24)28(35)32-23-15-13-19(14-16-23)27(34)31-22-9-2-1-3-10-22/h1-9,11-17,22H,10,18,29H2,(H,30,33)(H,31,34)(H,32,35). The zero-order valence-electron chi connectivity index (χ0n) is 19.0. The quantitative estimate of drug-likeness (QED) is 0.389. The molecule has 0 saturated carbocycles. The monoisotopic (exact) mass is 466 g/mol. The number of nitrogens with two attached hydrogens (primary N) is 1. The lowest BCUT2D eigenvalue weighted by atomic mass is 10.1. The minimum Gasteiger partial charge on any atom is -0.398 e. The van der Waals surface area contributed by atoms with Gasteiger partial charge in [-0.2, -0.15) is 0 Å². The van der Waals surface area contributed by atoms with Crippen molar-refractivity contribution in [2.45, 2.75) is 18.9 Å². The third kappa shape index (κ3) is 6.45. The summed E-state index contributed by atoms with van der Waals surface area (Å²) >= 11 is 0. The van der Waals surface area contributed by atoms with Gasteiger partial charge in [-0.3, -0.25) is 14.4 Å². The highest BCUT2D eigenvalue weighted by Crippen LogP contribution is 2.17. The molecule has 0 aliphatic heterocycles. The first-order valence-electron chi connectivity index (χ1n) is 11.3. The van der Waals surface area contributed by atoms with E-state index in [1.54, 1.807) is 60.7 Å². The van der Waals surface area contributed by atoms with E-state index in [1.165, 1.54) is 0 Å². The number of nitrogens with one attached hydrogen (secondary N) is 3. The molecule has 3 amide bonds. The fourth-order valence-corrected chi connectivity index (χ4v) is 3.66. The van der Waals surface area contributed by atoms with Gasteiger partial charge in [-0.1, -0.05) is 48.6 Å². The minimum absolute atomic E-state index is 0.0234. The molecule has 1 unspecified atom stereocenters. The number of amides is 3. The number of rotatable bonds is 7. The molecule has 7 nitrogen and oxygen atoms in total. The fourth-order valence-electron chi connectivity index (χ4n) is 3.66. The van der Waals surface area contributed by atoms with Crippen molar-refractivity contribution < 1.29 is 14.4 Å². The summed E-state index contributed by atoms with van der Waals surface area (Å²) in [5, 5.41) is 8.57. The van der Waals surface area contributed by atoms with Gasteiger partial charge in [0.2, 0.25) is 5.91 Å². The Bertz CT molecular complexity index is 1300. The van der Waals surface area contributed by atoms with Crippen LogP contribution in [0.2, 0.25) is 0 Å². The van der Waals surface area contributed by atoms with Gasteiger partial charge in [-0.15, -0.1) is 0 Å². The molecule has 0 spiro atoms. The Hall–Kier alpha value is -4.65. The third-order valence-electron chi connectivity index (χ3n) is 5.52. The van der Waals surface area contributed by atoms with Crippen LogP contribution >= 0.6 is 0 Å². The molecule has 4 rings (SSSR count). The molecular formula is C28H26N4O3. The first-order chi connectivity index (χ1) is 17.0. The maximum absolute atomic E-state index is 12.7. The number of para-hydroxylation sites is 1. The Morgan fingerprint density at radius 3 is 2.34 bits per heavy atom. The lowest BCUT2D eigenvalue weighted by Gasteiger charge is -2.15. The summed E-state index contributed by atoms with van der Waals surface area (Å²) in [5.74, 6) is -0.729. The van der Waals surface area contributed by atoms with E-state index in [1.807, 2.05) is 36.4 Å². The van der Waals surface area contributed by atoms with E-state index in [-0.39, 0.29) is 30.2 Å². The van der Waals surface area contributed by atoms with Crippen LogP contribution in [0.4, 0.5) is 17.1 Å². The van der Waals surface area contributed by atoms with E-state index in [0.29, 0.717) is 28.2 Å². The first kappa shape index (κ1) is 23.5. The van der Waals surface area contributed by atoms with Gasteiger partial charge in [0.15, 0.2) is 0 Å². The summed E-state index contributed by atoms with van der Waals surface area (Å²) in [5.41, 5.74) is 9.17. The van der Waals surface area contributed by atoms with E-state index in [4.69, 9.17) is 5.73 Å². The number of benzene rings is 3. The van der Waals surface area contributed by atoms with Gasteiger partial charge in [0, 0.05) is 28.2 Å². The Balaban J connectivity index is 1.34. The van der Waals surface area contributed by atoms with E-state index in [9.17, 15) is 14.4 Å². The van der Waals surface area contributed by atoms with Crippen molar-refractivity contribution >= 4 is 34.8 Å². The SMILES string of the molecule is Nc1ccccc1CC(=O)Nc1cccc(C(=O)Nc2ccc(C(=O)NC3C=CC=CC3)cc2)c1. The lowest BCUT2D eigenvalue weighted by molar-refractivity contribution is -0.115. The number of hydrogen-bond acceptors (Lipinski definition) is 4. The number of nitrogen functional groups attached to an aromatic ring is 1. The number of carbonyl (C=O) groups is 3. The first-order valence-corrected chi connectivity index (χ1v) is 11.3. The summed E-state index contributed by atoms with van der Waals surface area (Å²) in [7, 11) is 0. The van der Waals surface area contributed by atoms with Gasteiger partial charge in [0.25, 0.3) is 11.8 Å². The second-order valence-corrected chi connectivity index (χ2v) is 8.16. The van der Waals surface area contributed by atoms with Crippen molar-refractivity contribution in [3.63, 3.8) is 0 Å². The van der Waals surface area contributed by atoms with Gasteiger partial charge in [-0.25, -0.2) is 0 Å². The highest BCUT2D eigenvalue weighted by molar-refractivity contribution is 6.05.